The SMILES string of the molecule is O=S(=O)([O-])C(F)(F)C(F)(F)C(F)(F)C(F)(F)C(F)(F)C(F)(F)F.O=S(=O)([O-])C(F)(F)C(F)(F)C(F)(F)C(F)(F)C(F)(F)C(F)(F)F.[Mg+2]. The molecule has 0 spiro atoms. The van der Waals surface area contributed by atoms with Gasteiger partial charge in [-0.15, -0.1) is 0 Å². The summed E-state index contributed by atoms with van der Waals surface area (Å²) in [5, 5.41) is -15.3. The van der Waals surface area contributed by atoms with E-state index in [4.69, 9.17) is 0 Å². The minimum Gasteiger partial charge on any atom is -0.743 e. The molecule has 0 saturated heterocycles. The van der Waals surface area contributed by atoms with Crippen molar-refractivity contribution in [2.75, 3.05) is 0 Å². The number of halogens is 26. The molecular weight excluding hydrogens is 823 g/mol. The third kappa shape index (κ3) is 7.18. The molecule has 35 heteroatoms. The van der Waals surface area contributed by atoms with Gasteiger partial charge < -0.3 is 9.11 Å². The van der Waals surface area contributed by atoms with E-state index in [2.05, 4.69) is 0 Å². The molecule has 0 radical (unpaired) electrons. The Hall–Kier alpha value is -1.23. The molecule has 0 aromatic rings. The largest absolute Gasteiger partial charge is 2.00 e. The average molecular weight is 823 g/mol. The van der Waals surface area contributed by atoms with Crippen LogP contribution in [0.25, 0.3) is 0 Å². The van der Waals surface area contributed by atoms with E-state index in [1.54, 1.807) is 0 Å². The van der Waals surface area contributed by atoms with Gasteiger partial charge in [0.25, 0.3) is 0 Å². The molecule has 47 heavy (non-hydrogen) atoms. The van der Waals surface area contributed by atoms with Crippen molar-refractivity contribution in [1.82, 2.24) is 0 Å². The summed E-state index contributed by atoms with van der Waals surface area (Å²) in [5.74, 6) is -65.2. The first-order valence-electron chi connectivity index (χ1n) is 8.82. The van der Waals surface area contributed by atoms with Crippen LogP contribution >= 0.6 is 0 Å². The van der Waals surface area contributed by atoms with Crippen molar-refractivity contribution in [2.45, 2.75) is 70.2 Å². The van der Waals surface area contributed by atoms with Gasteiger partial charge in [-0.25, -0.2) is 16.8 Å². The zero-order valence-corrected chi connectivity index (χ0v) is 22.8. The predicted octanol–water partition coefficient (Wildman–Crippen LogP) is 6.08. The van der Waals surface area contributed by atoms with Crippen LogP contribution < -0.4 is 0 Å². The molecule has 280 valence electrons. The van der Waals surface area contributed by atoms with Crippen LogP contribution in [0, 0.1) is 0 Å². The first-order valence-corrected chi connectivity index (χ1v) is 11.6. The molecule has 0 aromatic carbocycles. The maximum absolute atomic E-state index is 12.7. The molecule has 0 aliphatic rings. The molecule has 0 aliphatic heterocycles. The Bertz CT molecular complexity index is 1230. The van der Waals surface area contributed by atoms with Crippen molar-refractivity contribution in [3.05, 3.63) is 0 Å². The van der Waals surface area contributed by atoms with E-state index in [9.17, 15) is 140 Å². The third-order valence-electron chi connectivity index (χ3n) is 4.44. The van der Waals surface area contributed by atoms with E-state index in [-0.39, 0.29) is 23.1 Å². The Labute approximate surface area is 254 Å². The van der Waals surface area contributed by atoms with Gasteiger partial charge in [0, 0.05) is 0 Å². The van der Waals surface area contributed by atoms with Crippen LogP contribution in [-0.2, 0) is 20.2 Å². The van der Waals surface area contributed by atoms with E-state index in [0.29, 0.717) is 0 Å². The molecule has 0 fully saturated rings. The van der Waals surface area contributed by atoms with Crippen LogP contribution in [0.3, 0.4) is 0 Å². The molecule has 0 N–H and O–H groups in total. The number of alkyl halides is 26. The summed E-state index contributed by atoms with van der Waals surface area (Å²) in [7, 11) is -15.7. The van der Waals surface area contributed by atoms with Gasteiger partial charge in [0.05, 0.1) is 0 Å². The van der Waals surface area contributed by atoms with Gasteiger partial charge in [0.15, 0.2) is 20.2 Å². The summed E-state index contributed by atoms with van der Waals surface area (Å²) in [6, 6.07) is 0. The van der Waals surface area contributed by atoms with Crippen LogP contribution in [0.5, 0.6) is 0 Å². The number of hydrogen-bond donors (Lipinski definition) is 0. The molecule has 0 amide bonds. The third-order valence-corrected chi connectivity index (χ3v) is 6.21. The topological polar surface area (TPSA) is 114 Å². The van der Waals surface area contributed by atoms with Crippen molar-refractivity contribution < 1.29 is 140 Å². The summed E-state index contributed by atoms with van der Waals surface area (Å²) >= 11 is 0. The Balaban J connectivity index is -0.000000807. The van der Waals surface area contributed by atoms with Crippen LogP contribution in [-0.4, -0.2) is 119 Å². The van der Waals surface area contributed by atoms with Gasteiger partial charge in [-0.1, -0.05) is 0 Å². The summed E-state index contributed by atoms with van der Waals surface area (Å²) in [6.07, 6.45) is -15.2. The zero-order valence-electron chi connectivity index (χ0n) is 19.8. The Kier molecular flexibility index (Phi) is 13.4. The fourth-order valence-electron chi connectivity index (χ4n) is 1.82. The van der Waals surface area contributed by atoms with E-state index in [1.165, 1.54) is 0 Å². The first-order chi connectivity index (χ1) is 19.0. The first kappa shape index (κ1) is 50.1. The summed E-state index contributed by atoms with van der Waals surface area (Å²) in [4.78, 5) is 0. The summed E-state index contributed by atoms with van der Waals surface area (Å²) in [6.45, 7) is 0. The second kappa shape index (κ2) is 12.5. The Morgan fingerprint density at radius 2 is 0.404 bits per heavy atom. The van der Waals surface area contributed by atoms with E-state index in [1.807, 2.05) is 0 Å². The molecule has 0 atom stereocenters. The molecule has 0 unspecified atom stereocenters. The summed E-state index contributed by atoms with van der Waals surface area (Å²) in [5.41, 5.74) is 0. The van der Waals surface area contributed by atoms with E-state index >= 15 is 0 Å². The van der Waals surface area contributed by atoms with Crippen molar-refractivity contribution in [3.8, 4) is 0 Å². The average Bonchev–Trinajstić information content (AvgIpc) is 2.75. The minimum atomic E-state index is -8.29. The van der Waals surface area contributed by atoms with Gasteiger partial charge in [0.1, 0.15) is 0 Å². The molecular formula is C12F26MgO6S2. The molecule has 0 saturated carbocycles. The standard InChI is InChI=1S/2C6HF13O3S.Mg/c2*7-1(8,3(11,12)5(15,16)17)2(9,10)4(13,14)6(18,19)23(20,21)22;/h2*(H,20,21,22);/q;;+2/p-2. The molecule has 6 nitrogen and oxygen atoms in total. The quantitative estimate of drug-likeness (QED) is 0.150. The summed E-state index contributed by atoms with van der Waals surface area (Å²) < 4.78 is 378. The van der Waals surface area contributed by atoms with E-state index < -0.39 is 90.5 Å². The van der Waals surface area contributed by atoms with Gasteiger partial charge in [-0.2, -0.15) is 114 Å². The van der Waals surface area contributed by atoms with Crippen molar-refractivity contribution >= 4 is 43.3 Å². The Morgan fingerprint density at radius 1 is 0.277 bits per heavy atom. The number of hydrogen-bond acceptors (Lipinski definition) is 6. The van der Waals surface area contributed by atoms with Gasteiger partial charge in [-0.05, 0) is 0 Å². The fourth-order valence-corrected chi connectivity index (χ4v) is 2.71. The maximum Gasteiger partial charge on any atom is 2.00 e. The van der Waals surface area contributed by atoms with Crippen LogP contribution in [0.2, 0.25) is 0 Å². The van der Waals surface area contributed by atoms with Crippen LogP contribution in [0.4, 0.5) is 114 Å². The normalized spacial score (nSPS) is 16.3. The Morgan fingerprint density at radius 3 is 0.511 bits per heavy atom. The van der Waals surface area contributed by atoms with Gasteiger partial charge in [0.2, 0.25) is 0 Å². The monoisotopic (exact) mass is 822 g/mol. The fraction of sp³-hybridized carbons (Fsp3) is 1.00. The van der Waals surface area contributed by atoms with E-state index in [0.717, 1.165) is 0 Å². The predicted molar refractivity (Wildman–Crippen MR) is 86.7 cm³/mol. The second-order valence-corrected chi connectivity index (χ2v) is 10.4. The van der Waals surface area contributed by atoms with Crippen molar-refractivity contribution in [2.24, 2.45) is 0 Å². The molecule has 0 aliphatic carbocycles. The molecule has 0 rings (SSSR count). The van der Waals surface area contributed by atoms with Crippen LogP contribution in [0.15, 0.2) is 0 Å². The van der Waals surface area contributed by atoms with Gasteiger partial charge >= 0.3 is 93.3 Å². The molecule has 0 heterocycles. The van der Waals surface area contributed by atoms with Crippen molar-refractivity contribution in [1.29, 1.82) is 0 Å². The maximum atomic E-state index is 12.7. The van der Waals surface area contributed by atoms with Gasteiger partial charge in [-0.3, -0.25) is 0 Å². The second-order valence-electron chi connectivity index (χ2n) is 7.53. The number of rotatable bonds is 10. The molecule has 0 bridgehead atoms. The zero-order chi connectivity index (χ0) is 39.0. The minimum absolute atomic E-state index is 0. The van der Waals surface area contributed by atoms with Crippen molar-refractivity contribution in [3.63, 3.8) is 0 Å². The molecule has 0 aromatic heterocycles. The van der Waals surface area contributed by atoms with Crippen LogP contribution in [0.1, 0.15) is 0 Å². The smallest absolute Gasteiger partial charge is 0.743 e.